The van der Waals surface area contributed by atoms with Crippen LogP contribution in [0.3, 0.4) is 0 Å². The number of carbonyl (C=O) groups excluding carboxylic acids is 2. The number of Topliss-reactive ketones (excluding diaryl/α,β-unsaturated/α-hetero) is 1. The minimum absolute atomic E-state index is 0.0689. The number of carbonyl (C=O) groups is 2. The molecule has 0 aliphatic carbocycles. The van der Waals surface area contributed by atoms with E-state index in [1.807, 2.05) is 54.6 Å². The number of para-hydroxylation sites is 1. The summed E-state index contributed by atoms with van der Waals surface area (Å²) in [5.41, 5.74) is 2.17. The van der Waals surface area contributed by atoms with Crippen LogP contribution in [0.4, 0.5) is 10.5 Å². The Morgan fingerprint density at radius 1 is 1.06 bits per heavy atom. The summed E-state index contributed by atoms with van der Waals surface area (Å²) in [5, 5.41) is 3.74. The van der Waals surface area contributed by atoms with E-state index in [1.165, 1.54) is 0 Å². The molecule has 1 saturated heterocycles. The molecule has 1 aliphatic rings. The molecule has 31 heavy (non-hydrogen) atoms. The highest BCUT2D eigenvalue weighted by Crippen LogP contribution is 2.23. The van der Waals surface area contributed by atoms with Crippen molar-refractivity contribution in [1.29, 1.82) is 0 Å². The van der Waals surface area contributed by atoms with Gasteiger partial charge in [0.2, 0.25) is 0 Å². The van der Waals surface area contributed by atoms with E-state index in [-0.39, 0.29) is 11.7 Å². The third kappa shape index (κ3) is 5.59. The van der Waals surface area contributed by atoms with E-state index in [4.69, 9.17) is 4.74 Å². The average molecular weight is 529 g/mol. The fourth-order valence-corrected chi connectivity index (χ4v) is 4.25. The molecule has 1 aliphatic heterocycles. The molecule has 0 unspecified atom stereocenters. The van der Waals surface area contributed by atoms with Gasteiger partial charge in [-0.2, -0.15) is 0 Å². The third-order valence-electron chi connectivity index (χ3n) is 5.60. The molecule has 160 valence electrons. The first-order valence-corrected chi connectivity index (χ1v) is 11.5. The number of benzene rings is 2. The highest BCUT2D eigenvalue weighted by molar-refractivity contribution is 14.1. The van der Waals surface area contributed by atoms with Crippen LogP contribution in [0.25, 0.3) is 10.9 Å². The summed E-state index contributed by atoms with van der Waals surface area (Å²) in [6.07, 6.45) is 2.88. The molecule has 1 fully saturated rings. The van der Waals surface area contributed by atoms with Gasteiger partial charge in [0.05, 0.1) is 11.2 Å². The van der Waals surface area contributed by atoms with Crippen molar-refractivity contribution in [3.05, 3.63) is 69.9 Å². The van der Waals surface area contributed by atoms with Crippen LogP contribution in [0.1, 0.15) is 23.2 Å². The minimum Gasteiger partial charge on any atom is -0.448 e. The number of halogens is 1. The van der Waals surface area contributed by atoms with Crippen molar-refractivity contribution in [2.75, 3.05) is 31.6 Å². The van der Waals surface area contributed by atoms with Gasteiger partial charge >= 0.3 is 6.09 Å². The zero-order valence-corrected chi connectivity index (χ0v) is 19.2. The van der Waals surface area contributed by atoms with Crippen molar-refractivity contribution in [3.8, 4) is 0 Å². The molecule has 1 aromatic heterocycles. The number of nitrogens with zero attached hydrogens (tertiary/aromatic N) is 2. The standard InChI is InChI=1S/C24H24IN3O3/c25-20-8-6-18(7-9-20)23(29)19-10-13-28(14-11-19)15-16-31-24(30)27-21-5-1-3-17-4-2-12-26-22(17)21/h1-9,12,19H,10-11,13-16H2,(H,27,30). The molecule has 3 aromatic rings. The van der Waals surface area contributed by atoms with Crippen LogP contribution in [0.2, 0.25) is 0 Å². The zero-order chi connectivity index (χ0) is 21.6. The molecular weight excluding hydrogens is 505 g/mol. The molecule has 0 bridgehead atoms. The lowest BCUT2D eigenvalue weighted by molar-refractivity contribution is 0.0813. The Morgan fingerprint density at radius 2 is 1.81 bits per heavy atom. The summed E-state index contributed by atoms with van der Waals surface area (Å²) in [6, 6.07) is 17.2. The van der Waals surface area contributed by atoms with Gasteiger partial charge < -0.3 is 4.74 Å². The number of hydrogen-bond acceptors (Lipinski definition) is 5. The number of pyridine rings is 1. The van der Waals surface area contributed by atoms with Crippen LogP contribution in [0.5, 0.6) is 0 Å². The van der Waals surface area contributed by atoms with E-state index in [2.05, 4.69) is 37.8 Å². The van der Waals surface area contributed by atoms with Gasteiger partial charge in [0.1, 0.15) is 6.61 Å². The largest absolute Gasteiger partial charge is 0.448 e. The second-order valence-corrected chi connectivity index (χ2v) is 8.87. The number of nitrogens with one attached hydrogen (secondary N) is 1. The fourth-order valence-electron chi connectivity index (χ4n) is 3.89. The maximum atomic E-state index is 12.7. The minimum atomic E-state index is -0.484. The second kappa shape index (κ2) is 10.2. The van der Waals surface area contributed by atoms with Crippen LogP contribution in [0, 0.1) is 9.49 Å². The Morgan fingerprint density at radius 3 is 2.58 bits per heavy atom. The molecule has 0 atom stereocenters. The van der Waals surface area contributed by atoms with Gasteiger partial charge in [0.25, 0.3) is 0 Å². The molecule has 0 spiro atoms. The van der Waals surface area contributed by atoms with Gasteiger partial charge in [-0.15, -0.1) is 0 Å². The van der Waals surface area contributed by atoms with Gasteiger partial charge in [-0.3, -0.25) is 20.0 Å². The van der Waals surface area contributed by atoms with Crippen molar-refractivity contribution in [2.24, 2.45) is 5.92 Å². The molecule has 0 radical (unpaired) electrons. The Kier molecular flexibility index (Phi) is 7.14. The molecule has 6 nitrogen and oxygen atoms in total. The summed E-state index contributed by atoms with van der Waals surface area (Å²) in [5.74, 6) is 0.301. The summed E-state index contributed by atoms with van der Waals surface area (Å²) < 4.78 is 6.49. The summed E-state index contributed by atoms with van der Waals surface area (Å²) in [4.78, 5) is 31.4. The van der Waals surface area contributed by atoms with Crippen molar-refractivity contribution in [2.45, 2.75) is 12.8 Å². The van der Waals surface area contributed by atoms with Gasteiger partial charge in [0.15, 0.2) is 5.78 Å². The van der Waals surface area contributed by atoms with Crippen LogP contribution in [0.15, 0.2) is 60.8 Å². The molecule has 4 rings (SSSR count). The van der Waals surface area contributed by atoms with Gasteiger partial charge in [-0.05, 0) is 72.8 Å². The van der Waals surface area contributed by atoms with Crippen LogP contribution >= 0.6 is 22.6 Å². The van der Waals surface area contributed by atoms with Crippen LogP contribution in [-0.2, 0) is 4.74 Å². The number of likely N-dealkylation sites (tertiary alicyclic amines) is 1. The number of aromatic nitrogens is 1. The van der Waals surface area contributed by atoms with E-state index in [0.29, 0.717) is 18.8 Å². The van der Waals surface area contributed by atoms with Crippen molar-refractivity contribution >= 4 is 51.1 Å². The maximum absolute atomic E-state index is 12.7. The Balaban J connectivity index is 1.21. The molecular formula is C24H24IN3O3. The number of rotatable bonds is 6. The first kappa shape index (κ1) is 21.7. The first-order chi connectivity index (χ1) is 15.1. The normalized spacial score (nSPS) is 15.0. The van der Waals surface area contributed by atoms with E-state index < -0.39 is 6.09 Å². The zero-order valence-electron chi connectivity index (χ0n) is 17.1. The second-order valence-electron chi connectivity index (χ2n) is 7.63. The van der Waals surface area contributed by atoms with Crippen LogP contribution in [-0.4, -0.2) is 48.0 Å². The maximum Gasteiger partial charge on any atom is 0.411 e. The number of hydrogen-bond donors (Lipinski definition) is 1. The summed E-state index contributed by atoms with van der Waals surface area (Å²) >= 11 is 2.24. The van der Waals surface area contributed by atoms with E-state index in [9.17, 15) is 9.59 Å². The highest BCUT2D eigenvalue weighted by atomic mass is 127. The van der Waals surface area contributed by atoms with Crippen molar-refractivity contribution < 1.29 is 14.3 Å². The van der Waals surface area contributed by atoms with E-state index in [1.54, 1.807) is 6.20 Å². The number of anilines is 1. The molecule has 7 heteroatoms. The summed E-state index contributed by atoms with van der Waals surface area (Å²) in [7, 11) is 0. The molecule has 2 aromatic carbocycles. The quantitative estimate of drug-likeness (QED) is 0.360. The van der Waals surface area contributed by atoms with E-state index >= 15 is 0 Å². The number of fused-ring (bicyclic) bond motifs is 1. The summed E-state index contributed by atoms with van der Waals surface area (Å²) in [6.45, 7) is 2.63. The van der Waals surface area contributed by atoms with Gasteiger partial charge in [-0.25, -0.2) is 4.79 Å². The molecule has 0 saturated carbocycles. The number of amides is 1. The SMILES string of the molecule is O=C(Nc1cccc2cccnc12)OCCN1CCC(C(=O)c2ccc(I)cc2)CC1. The Hall–Kier alpha value is -2.52. The Labute approximate surface area is 195 Å². The lowest BCUT2D eigenvalue weighted by Crippen LogP contribution is -2.38. The first-order valence-electron chi connectivity index (χ1n) is 10.4. The molecule has 1 N–H and O–H groups in total. The lowest BCUT2D eigenvalue weighted by Gasteiger charge is -2.31. The smallest absolute Gasteiger partial charge is 0.411 e. The topological polar surface area (TPSA) is 71.5 Å². The predicted octanol–water partition coefficient (Wildman–Crippen LogP) is 4.98. The number of piperidine rings is 1. The third-order valence-corrected chi connectivity index (χ3v) is 6.32. The average Bonchev–Trinajstić information content (AvgIpc) is 2.80. The monoisotopic (exact) mass is 529 g/mol. The van der Waals surface area contributed by atoms with Crippen molar-refractivity contribution in [1.82, 2.24) is 9.88 Å². The highest BCUT2D eigenvalue weighted by Gasteiger charge is 2.25. The van der Waals surface area contributed by atoms with Crippen molar-refractivity contribution in [3.63, 3.8) is 0 Å². The van der Waals surface area contributed by atoms with Crippen LogP contribution < -0.4 is 5.32 Å². The fraction of sp³-hybridized carbons (Fsp3) is 0.292. The lowest BCUT2D eigenvalue weighted by atomic mass is 9.89. The van der Waals surface area contributed by atoms with Gasteiger partial charge in [-0.1, -0.05) is 30.3 Å². The predicted molar refractivity (Wildman–Crippen MR) is 129 cm³/mol. The van der Waals surface area contributed by atoms with E-state index in [0.717, 1.165) is 46.0 Å². The molecule has 1 amide bonds. The molecule has 2 heterocycles. The number of ether oxygens (including phenoxy) is 1. The Bertz CT molecular complexity index is 1060. The van der Waals surface area contributed by atoms with Gasteiger partial charge in [0, 0.05) is 33.2 Å². The number of ketones is 1.